The Morgan fingerprint density at radius 1 is 1.11 bits per heavy atom. The number of rotatable bonds is 7. The molecule has 1 N–H and O–H groups in total. The van der Waals surface area contributed by atoms with Crippen LogP contribution < -0.4 is 9.46 Å². The van der Waals surface area contributed by atoms with Crippen molar-refractivity contribution in [2.24, 2.45) is 0 Å². The molecule has 7 nitrogen and oxygen atoms in total. The molecule has 2 aromatic carbocycles. The van der Waals surface area contributed by atoms with Gasteiger partial charge in [-0.25, -0.2) is 13.1 Å². The molecule has 0 atom stereocenters. The van der Waals surface area contributed by atoms with E-state index in [0.29, 0.717) is 0 Å². The molecular formula is C19H22N2O5S. The van der Waals surface area contributed by atoms with E-state index in [4.69, 9.17) is 4.74 Å². The Kier molecular flexibility index (Phi) is 5.48. The van der Waals surface area contributed by atoms with E-state index in [-0.39, 0.29) is 16.9 Å². The molecule has 1 saturated carbocycles. The van der Waals surface area contributed by atoms with Gasteiger partial charge in [-0.1, -0.05) is 37.1 Å². The molecule has 1 aliphatic carbocycles. The molecule has 0 bridgehead atoms. The zero-order valence-corrected chi connectivity index (χ0v) is 15.9. The highest BCUT2D eigenvalue weighted by atomic mass is 32.2. The van der Waals surface area contributed by atoms with Crippen molar-refractivity contribution < 1.29 is 18.1 Å². The maximum atomic E-state index is 12.8. The summed E-state index contributed by atoms with van der Waals surface area (Å²) in [5, 5.41) is 11.2. The lowest BCUT2D eigenvalue weighted by molar-refractivity contribution is -0.387. The van der Waals surface area contributed by atoms with Gasteiger partial charge in [-0.15, -0.1) is 0 Å². The lowest BCUT2D eigenvalue weighted by Gasteiger charge is -2.30. The van der Waals surface area contributed by atoms with Crippen molar-refractivity contribution in [3.63, 3.8) is 0 Å². The van der Waals surface area contributed by atoms with Crippen LogP contribution in [-0.4, -0.2) is 27.0 Å². The van der Waals surface area contributed by atoms with Crippen molar-refractivity contribution in [3.05, 3.63) is 64.2 Å². The average Bonchev–Trinajstić information content (AvgIpc) is 3.17. The summed E-state index contributed by atoms with van der Waals surface area (Å²) in [6.07, 6.45) is 3.75. The second-order valence-corrected chi connectivity index (χ2v) is 8.50. The third kappa shape index (κ3) is 3.96. The van der Waals surface area contributed by atoms with Gasteiger partial charge in [0.25, 0.3) is 5.69 Å². The van der Waals surface area contributed by atoms with Gasteiger partial charge in [-0.3, -0.25) is 10.1 Å². The lowest BCUT2D eigenvalue weighted by Crippen LogP contribution is -2.39. The quantitative estimate of drug-likeness (QED) is 0.577. The molecule has 2 aromatic rings. The lowest BCUT2D eigenvalue weighted by atomic mass is 9.79. The summed E-state index contributed by atoms with van der Waals surface area (Å²) in [6.45, 7) is 0.202. The molecule has 0 heterocycles. The number of nitrogens with zero attached hydrogens (tertiary/aromatic N) is 1. The molecule has 0 radical (unpaired) electrons. The molecule has 3 rings (SSSR count). The fourth-order valence-corrected chi connectivity index (χ4v) is 5.01. The fraction of sp³-hybridized carbons (Fsp3) is 0.368. The molecule has 0 aromatic heterocycles. The van der Waals surface area contributed by atoms with E-state index in [2.05, 4.69) is 4.72 Å². The summed E-state index contributed by atoms with van der Waals surface area (Å²) >= 11 is 0. The normalized spacial score (nSPS) is 16.2. The molecule has 0 amide bonds. The summed E-state index contributed by atoms with van der Waals surface area (Å²) in [5.74, 6) is 0.743. The highest BCUT2D eigenvalue weighted by Crippen LogP contribution is 2.41. The van der Waals surface area contributed by atoms with E-state index in [1.54, 1.807) is 7.11 Å². The molecular weight excluding hydrogens is 368 g/mol. The van der Waals surface area contributed by atoms with Crippen molar-refractivity contribution >= 4 is 15.7 Å². The third-order valence-corrected chi connectivity index (χ3v) is 6.66. The van der Waals surface area contributed by atoms with Gasteiger partial charge in [0, 0.05) is 18.0 Å². The van der Waals surface area contributed by atoms with Crippen LogP contribution in [0.4, 0.5) is 5.69 Å². The fourth-order valence-electron chi connectivity index (χ4n) is 3.71. The van der Waals surface area contributed by atoms with Crippen LogP contribution in [0, 0.1) is 10.1 Å². The van der Waals surface area contributed by atoms with Gasteiger partial charge >= 0.3 is 0 Å². The molecule has 0 spiro atoms. The number of nitro groups is 1. The number of nitro benzene ring substituents is 1. The Hall–Kier alpha value is -2.45. The van der Waals surface area contributed by atoms with Crippen molar-refractivity contribution in [1.82, 2.24) is 4.72 Å². The van der Waals surface area contributed by atoms with Crippen LogP contribution >= 0.6 is 0 Å². The molecule has 1 fully saturated rings. The maximum absolute atomic E-state index is 12.8. The number of sulfonamides is 1. The van der Waals surface area contributed by atoms with Gasteiger partial charge in [-0.05, 0) is 36.6 Å². The van der Waals surface area contributed by atoms with Gasteiger partial charge < -0.3 is 4.74 Å². The zero-order chi connectivity index (χ0) is 19.5. The first-order valence-electron chi connectivity index (χ1n) is 8.76. The number of hydrogen-bond donors (Lipinski definition) is 1. The number of benzene rings is 2. The number of hydrogen-bond acceptors (Lipinski definition) is 5. The second-order valence-electron chi connectivity index (χ2n) is 6.77. The molecule has 0 saturated heterocycles. The molecule has 144 valence electrons. The van der Waals surface area contributed by atoms with E-state index in [1.807, 2.05) is 24.3 Å². The van der Waals surface area contributed by atoms with Gasteiger partial charge in [0.2, 0.25) is 10.0 Å². The van der Waals surface area contributed by atoms with Crippen LogP contribution in [-0.2, 0) is 15.4 Å². The predicted octanol–water partition coefficient (Wildman–Crippen LogP) is 3.39. The Morgan fingerprint density at radius 3 is 2.33 bits per heavy atom. The molecule has 8 heteroatoms. The van der Waals surface area contributed by atoms with Gasteiger partial charge in [0.15, 0.2) is 4.90 Å². The smallest absolute Gasteiger partial charge is 0.289 e. The molecule has 1 aliphatic rings. The van der Waals surface area contributed by atoms with E-state index in [0.717, 1.165) is 37.0 Å². The van der Waals surface area contributed by atoms with Crippen molar-refractivity contribution in [2.45, 2.75) is 36.0 Å². The van der Waals surface area contributed by atoms with E-state index in [1.165, 1.54) is 24.3 Å². The number of ether oxygens (including phenoxy) is 1. The molecule has 0 aliphatic heterocycles. The SMILES string of the molecule is COc1ccc(C2(CNS(=O)(=O)c3ccccc3[N+](=O)[O-])CCCC2)cc1. The first-order chi connectivity index (χ1) is 12.9. The summed E-state index contributed by atoms with van der Waals surface area (Å²) in [4.78, 5) is 10.2. The van der Waals surface area contributed by atoms with E-state index in [9.17, 15) is 18.5 Å². The Morgan fingerprint density at radius 2 is 1.74 bits per heavy atom. The minimum Gasteiger partial charge on any atom is -0.497 e. The monoisotopic (exact) mass is 390 g/mol. The first-order valence-corrected chi connectivity index (χ1v) is 10.2. The van der Waals surface area contributed by atoms with Gasteiger partial charge in [-0.2, -0.15) is 0 Å². The number of para-hydroxylation sites is 1. The van der Waals surface area contributed by atoms with Crippen LogP contribution in [0.25, 0.3) is 0 Å². The highest BCUT2D eigenvalue weighted by Gasteiger charge is 2.37. The van der Waals surface area contributed by atoms with Crippen LogP contribution in [0.1, 0.15) is 31.2 Å². The molecule has 27 heavy (non-hydrogen) atoms. The number of methoxy groups -OCH3 is 1. The third-order valence-electron chi connectivity index (χ3n) is 5.22. The highest BCUT2D eigenvalue weighted by molar-refractivity contribution is 7.89. The van der Waals surface area contributed by atoms with Crippen LogP contribution in [0.3, 0.4) is 0 Å². The Bertz CT molecular complexity index is 919. The standard InChI is InChI=1S/C19H22N2O5S/c1-26-16-10-8-15(9-11-16)19(12-4-5-13-19)14-20-27(24,25)18-7-3-2-6-17(18)21(22)23/h2-3,6-11,20H,4-5,12-14H2,1H3. The number of nitrogens with one attached hydrogen (secondary N) is 1. The van der Waals surface area contributed by atoms with Crippen molar-refractivity contribution in [3.8, 4) is 5.75 Å². The predicted molar refractivity (Wildman–Crippen MR) is 101 cm³/mol. The van der Waals surface area contributed by atoms with Crippen molar-refractivity contribution in [2.75, 3.05) is 13.7 Å². The van der Waals surface area contributed by atoms with E-state index >= 15 is 0 Å². The minimum absolute atomic E-state index is 0.202. The second kappa shape index (κ2) is 7.66. The average molecular weight is 390 g/mol. The summed E-state index contributed by atoms with van der Waals surface area (Å²) in [5.41, 5.74) is 0.309. The minimum atomic E-state index is -4.00. The summed E-state index contributed by atoms with van der Waals surface area (Å²) in [6, 6.07) is 13.0. The Balaban J connectivity index is 1.87. The first kappa shape index (κ1) is 19.3. The summed E-state index contributed by atoms with van der Waals surface area (Å²) < 4.78 is 33.3. The topological polar surface area (TPSA) is 98.5 Å². The van der Waals surface area contributed by atoms with Crippen LogP contribution in [0.15, 0.2) is 53.4 Å². The van der Waals surface area contributed by atoms with Gasteiger partial charge in [0.1, 0.15) is 5.75 Å². The van der Waals surface area contributed by atoms with Gasteiger partial charge in [0.05, 0.1) is 12.0 Å². The van der Waals surface area contributed by atoms with E-state index < -0.39 is 20.6 Å². The van der Waals surface area contributed by atoms with Crippen molar-refractivity contribution in [1.29, 1.82) is 0 Å². The maximum Gasteiger partial charge on any atom is 0.289 e. The summed E-state index contributed by atoms with van der Waals surface area (Å²) in [7, 11) is -2.40. The van der Waals surface area contributed by atoms with Crippen LogP contribution in [0.2, 0.25) is 0 Å². The largest absolute Gasteiger partial charge is 0.497 e. The molecule has 0 unspecified atom stereocenters. The van der Waals surface area contributed by atoms with Crippen LogP contribution in [0.5, 0.6) is 5.75 Å². The Labute approximate surface area is 158 Å². The zero-order valence-electron chi connectivity index (χ0n) is 15.1.